The van der Waals surface area contributed by atoms with Gasteiger partial charge >= 0.3 is 5.97 Å². The number of aliphatic hydroxyl groups is 7. The predicted octanol–water partition coefficient (Wildman–Crippen LogP) is 5.68. The van der Waals surface area contributed by atoms with Gasteiger partial charge in [0.05, 0.1) is 26.4 Å². The van der Waals surface area contributed by atoms with Crippen LogP contribution in [0.25, 0.3) is 0 Å². The lowest BCUT2D eigenvalue weighted by Crippen LogP contribution is -2.61. The monoisotopic (exact) mass is 861 g/mol. The molecular formula is C46H84O14. The van der Waals surface area contributed by atoms with Gasteiger partial charge in [0, 0.05) is 13.0 Å². The number of allylic oxidation sites excluding steroid dienone is 4. The molecule has 0 aromatic heterocycles. The second-order valence-corrected chi connectivity index (χ2v) is 16.6. The van der Waals surface area contributed by atoms with Crippen LogP contribution in [0.3, 0.4) is 0 Å². The van der Waals surface area contributed by atoms with E-state index >= 15 is 0 Å². The number of carbonyl (C=O) groups is 1. The van der Waals surface area contributed by atoms with Crippen LogP contribution in [-0.4, -0.2) is 142 Å². The third-order valence-corrected chi connectivity index (χ3v) is 11.2. The van der Waals surface area contributed by atoms with Crippen molar-refractivity contribution in [2.75, 3.05) is 33.0 Å². The van der Waals surface area contributed by atoms with E-state index in [2.05, 4.69) is 38.2 Å². The molecule has 0 radical (unpaired) electrons. The van der Waals surface area contributed by atoms with Crippen LogP contribution in [0, 0.1) is 0 Å². The minimum atomic E-state index is -1.70. The van der Waals surface area contributed by atoms with Crippen LogP contribution < -0.4 is 0 Å². The summed E-state index contributed by atoms with van der Waals surface area (Å²) in [5.74, 6) is -0.384. The van der Waals surface area contributed by atoms with Crippen LogP contribution in [-0.2, 0) is 33.2 Å². The van der Waals surface area contributed by atoms with E-state index in [1.807, 2.05) is 0 Å². The highest BCUT2D eigenvalue weighted by atomic mass is 16.7. The average molecular weight is 861 g/mol. The predicted molar refractivity (Wildman–Crippen MR) is 229 cm³/mol. The fourth-order valence-corrected chi connectivity index (χ4v) is 7.31. The van der Waals surface area contributed by atoms with Crippen LogP contribution in [0.15, 0.2) is 24.3 Å². The highest BCUT2D eigenvalue weighted by Crippen LogP contribution is 2.26. The Morgan fingerprint density at radius 3 is 1.62 bits per heavy atom. The molecule has 11 atom stereocenters. The summed E-state index contributed by atoms with van der Waals surface area (Å²) >= 11 is 0. The fraction of sp³-hybridized carbons (Fsp3) is 0.891. The first-order valence-corrected chi connectivity index (χ1v) is 23.4. The molecule has 0 saturated carbocycles. The molecule has 14 nitrogen and oxygen atoms in total. The van der Waals surface area contributed by atoms with Gasteiger partial charge in [-0.2, -0.15) is 0 Å². The molecule has 0 spiro atoms. The molecule has 2 aliphatic heterocycles. The molecule has 0 aliphatic carbocycles. The number of carbonyl (C=O) groups excluding carboxylic acids is 1. The molecule has 2 heterocycles. The van der Waals surface area contributed by atoms with Crippen LogP contribution in [0.5, 0.6) is 0 Å². The smallest absolute Gasteiger partial charge is 0.306 e. The van der Waals surface area contributed by atoms with Gasteiger partial charge in [-0.15, -0.1) is 0 Å². The first-order chi connectivity index (χ1) is 29.1. The molecule has 2 fully saturated rings. The lowest BCUT2D eigenvalue weighted by atomic mass is 9.98. The molecule has 0 bridgehead atoms. The zero-order valence-corrected chi connectivity index (χ0v) is 36.9. The lowest BCUT2D eigenvalue weighted by molar-refractivity contribution is -0.332. The Morgan fingerprint density at radius 2 is 1.03 bits per heavy atom. The van der Waals surface area contributed by atoms with Gasteiger partial charge in [0.2, 0.25) is 0 Å². The normalized spacial score (nSPS) is 27.9. The van der Waals surface area contributed by atoms with E-state index in [0.717, 1.165) is 57.8 Å². The summed E-state index contributed by atoms with van der Waals surface area (Å²) in [6.07, 6.45) is 18.3. The van der Waals surface area contributed by atoms with E-state index in [-0.39, 0.29) is 25.6 Å². The van der Waals surface area contributed by atoms with Crippen molar-refractivity contribution in [2.24, 2.45) is 0 Å². The molecule has 2 aliphatic rings. The maximum atomic E-state index is 12.9. The minimum Gasteiger partial charge on any atom is -0.457 e. The summed E-state index contributed by atoms with van der Waals surface area (Å²) in [7, 11) is 0. The Kier molecular flexibility index (Phi) is 31.8. The Bertz CT molecular complexity index is 1090. The minimum absolute atomic E-state index is 0.0571. The third kappa shape index (κ3) is 23.2. The van der Waals surface area contributed by atoms with E-state index in [4.69, 9.17) is 28.4 Å². The van der Waals surface area contributed by atoms with Gasteiger partial charge in [-0.3, -0.25) is 4.79 Å². The van der Waals surface area contributed by atoms with Crippen molar-refractivity contribution in [3.05, 3.63) is 24.3 Å². The summed E-state index contributed by atoms with van der Waals surface area (Å²) in [5, 5.41) is 71.9. The zero-order chi connectivity index (χ0) is 43.8. The van der Waals surface area contributed by atoms with E-state index in [0.29, 0.717) is 13.0 Å². The van der Waals surface area contributed by atoms with Crippen molar-refractivity contribution in [3.8, 4) is 0 Å². The second-order valence-electron chi connectivity index (χ2n) is 16.6. The van der Waals surface area contributed by atoms with Gasteiger partial charge in [0.25, 0.3) is 0 Å². The van der Waals surface area contributed by atoms with Gasteiger partial charge in [-0.05, 0) is 44.9 Å². The Hall–Kier alpha value is -1.53. The van der Waals surface area contributed by atoms with Gasteiger partial charge < -0.3 is 64.2 Å². The van der Waals surface area contributed by atoms with Crippen LogP contribution in [0.1, 0.15) is 162 Å². The highest BCUT2D eigenvalue weighted by molar-refractivity contribution is 5.69. The molecule has 2 rings (SSSR count). The van der Waals surface area contributed by atoms with Gasteiger partial charge in [0.15, 0.2) is 12.6 Å². The Balaban J connectivity index is 1.79. The van der Waals surface area contributed by atoms with Crippen molar-refractivity contribution in [3.63, 3.8) is 0 Å². The van der Waals surface area contributed by atoms with Crippen LogP contribution in [0.4, 0.5) is 0 Å². The summed E-state index contributed by atoms with van der Waals surface area (Å²) in [6, 6.07) is 0. The number of esters is 1. The molecule has 7 N–H and O–H groups in total. The largest absolute Gasteiger partial charge is 0.457 e. The summed E-state index contributed by atoms with van der Waals surface area (Å²) in [6.45, 7) is 3.61. The number of aliphatic hydroxyl groups excluding tert-OH is 7. The van der Waals surface area contributed by atoms with Crippen LogP contribution in [0.2, 0.25) is 0 Å². The molecular weight excluding hydrogens is 776 g/mol. The number of unbranched alkanes of at least 4 members (excludes halogenated alkanes) is 18. The number of hydrogen-bond acceptors (Lipinski definition) is 14. The van der Waals surface area contributed by atoms with E-state index < -0.39 is 80.7 Å². The van der Waals surface area contributed by atoms with E-state index in [9.17, 15) is 40.5 Å². The summed E-state index contributed by atoms with van der Waals surface area (Å²) < 4.78 is 34.1. The zero-order valence-electron chi connectivity index (χ0n) is 36.9. The molecule has 60 heavy (non-hydrogen) atoms. The van der Waals surface area contributed by atoms with Gasteiger partial charge in [0.1, 0.15) is 54.9 Å². The van der Waals surface area contributed by atoms with Crippen molar-refractivity contribution in [1.82, 2.24) is 0 Å². The van der Waals surface area contributed by atoms with Crippen molar-refractivity contribution in [1.29, 1.82) is 0 Å². The molecule has 352 valence electrons. The van der Waals surface area contributed by atoms with Crippen molar-refractivity contribution in [2.45, 2.75) is 229 Å². The lowest BCUT2D eigenvalue weighted by Gasteiger charge is -2.42. The van der Waals surface area contributed by atoms with E-state index in [1.165, 1.54) is 77.0 Å². The number of hydrogen-bond donors (Lipinski definition) is 7. The number of ether oxygens (including phenoxy) is 6. The van der Waals surface area contributed by atoms with Crippen LogP contribution >= 0.6 is 0 Å². The van der Waals surface area contributed by atoms with Gasteiger partial charge in [-0.25, -0.2) is 0 Å². The quantitative estimate of drug-likeness (QED) is 0.0230. The molecule has 0 aromatic rings. The molecule has 14 heteroatoms. The maximum Gasteiger partial charge on any atom is 0.306 e. The summed E-state index contributed by atoms with van der Waals surface area (Å²) in [4.78, 5) is 12.9. The van der Waals surface area contributed by atoms with E-state index in [1.54, 1.807) is 0 Å². The van der Waals surface area contributed by atoms with Crippen molar-refractivity contribution >= 4 is 5.97 Å². The average Bonchev–Trinajstić information content (AvgIpc) is 3.24. The Morgan fingerprint density at radius 1 is 0.550 bits per heavy atom. The fourth-order valence-electron chi connectivity index (χ4n) is 7.31. The highest BCUT2D eigenvalue weighted by Gasteiger charge is 2.47. The summed E-state index contributed by atoms with van der Waals surface area (Å²) in [5.41, 5.74) is 0. The number of rotatable bonds is 36. The Labute approximate surface area is 360 Å². The molecule has 11 unspecified atom stereocenters. The maximum absolute atomic E-state index is 12.9. The second kappa shape index (κ2) is 34.9. The first kappa shape index (κ1) is 54.6. The first-order valence-electron chi connectivity index (χ1n) is 23.4. The SMILES string of the molecule is CCCCCC/C=C\C/C=C\CCCCCCCCOCC(COC1OC(COC2OC(CO)C(O)C(O)C2O)C(O)C(O)C1O)OC(=O)CCCCCCCCCCC. The van der Waals surface area contributed by atoms with Crippen molar-refractivity contribution < 1.29 is 69.0 Å². The molecule has 0 aromatic carbocycles. The standard InChI is InChI=1S/C46H84O14/c1-3-5-7-9-11-13-14-15-16-17-18-19-20-22-24-26-28-30-55-32-35(58-38(48)29-27-25-23-21-12-10-8-6-4-2)33-56-45-44(54)42(52)40(50)37(60-45)34-57-46-43(53)41(51)39(49)36(31-47)59-46/h13-14,16-17,35-37,39-47,49-54H,3-12,15,18-34H2,1-2H3/b14-13-,17-16-. The molecule has 0 amide bonds. The third-order valence-electron chi connectivity index (χ3n) is 11.2. The molecule has 2 saturated heterocycles. The van der Waals surface area contributed by atoms with Gasteiger partial charge in [-0.1, -0.05) is 134 Å². The topological polar surface area (TPSA) is 214 Å².